The van der Waals surface area contributed by atoms with E-state index in [2.05, 4.69) is 48.5 Å². The molecule has 0 saturated carbocycles. The van der Waals surface area contributed by atoms with Gasteiger partial charge in [0.1, 0.15) is 5.75 Å². The summed E-state index contributed by atoms with van der Waals surface area (Å²) in [5, 5.41) is 4.64. The molecule has 0 bridgehead atoms. The van der Waals surface area contributed by atoms with Gasteiger partial charge in [-0.2, -0.15) is 0 Å². The third-order valence-corrected chi connectivity index (χ3v) is 5.13. The normalized spacial score (nSPS) is 10.9. The maximum atomic E-state index is 12.7. The second kappa shape index (κ2) is 7.73. The van der Waals surface area contributed by atoms with E-state index >= 15 is 0 Å². The Morgan fingerprint density at radius 1 is 0.786 bits per heavy atom. The van der Waals surface area contributed by atoms with E-state index in [4.69, 9.17) is 4.74 Å². The quantitative estimate of drug-likeness (QED) is 0.484. The Morgan fingerprint density at radius 2 is 1.39 bits per heavy atom. The second-order valence-corrected chi connectivity index (χ2v) is 7.16. The highest BCUT2D eigenvalue weighted by Crippen LogP contribution is 2.22. The molecule has 0 radical (unpaired) electrons. The number of benzene rings is 4. The van der Waals surface area contributed by atoms with Crippen molar-refractivity contribution in [2.45, 2.75) is 13.0 Å². The van der Waals surface area contributed by atoms with Gasteiger partial charge < -0.3 is 9.64 Å². The van der Waals surface area contributed by atoms with Gasteiger partial charge in [-0.15, -0.1) is 0 Å². The van der Waals surface area contributed by atoms with Crippen LogP contribution in [0.15, 0.2) is 78.9 Å². The van der Waals surface area contributed by atoms with Crippen molar-refractivity contribution in [3.05, 3.63) is 90.0 Å². The van der Waals surface area contributed by atoms with Crippen molar-refractivity contribution in [3.8, 4) is 5.75 Å². The molecule has 0 aliphatic rings. The van der Waals surface area contributed by atoms with Crippen molar-refractivity contribution in [1.29, 1.82) is 0 Å². The Balaban J connectivity index is 1.46. The molecular formula is C25H23NO2. The van der Waals surface area contributed by atoms with Gasteiger partial charge in [0, 0.05) is 13.6 Å². The topological polar surface area (TPSA) is 29.5 Å². The van der Waals surface area contributed by atoms with Crippen molar-refractivity contribution in [2.24, 2.45) is 0 Å². The molecule has 1 amide bonds. The summed E-state index contributed by atoms with van der Waals surface area (Å²) in [5.74, 6) is 0.966. The van der Waals surface area contributed by atoms with Crippen LogP contribution in [0.1, 0.15) is 11.1 Å². The molecular weight excluding hydrogens is 346 g/mol. The van der Waals surface area contributed by atoms with Gasteiger partial charge in [-0.25, -0.2) is 0 Å². The average Bonchev–Trinajstić information content (AvgIpc) is 2.73. The molecule has 0 unspecified atom stereocenters. The summed E-state index contributed by atoms with van der Waals surface area (Å²) >= 11 is 0. The summed E-state index contributed by atoms with van der Waals surface area (Å²) in [5.41, 5.74) is 2.16. The molecule has 0 aliphatic carbocycles. The van der Waals surface area contributed by atoms with Gasteiger partial charge in [0.2, 0.25) is 5.91 Å². The lowest BCUT2D eigenvalue weighted by atomic mass is 10.0. The lowest BCUT2D eigenvalue weighted by molar-refractivity contribution is -0.129. The number of carbonyl (C=O) groups is 1. The lowest BCUT2D eigenvalue weighted by Crippen LogP contribution is -2.27. The highest BCUT2D eigenvalue weighted by molar-refractivity contribution is 5.86. The van der Waals surface area contributed by atoms with Crippen LogP contribution in [-0.4, -0.2) is 25.0 Å². The number of likely N-dealkylation sites (N-methyl/N-ethyl adjacent to an activating group) is 1. The smallest absolute Gasteiger partial charge is 0.227 e. The minimum atomic E-state index is 0.116. The molecule has 0 N–H and O–H groups in total. The number of methoxy groups -OCH3 is 1. The summed E-state index contributed by atoms with van der Waals surface area (Å²) in [6.07, 6.45) is 0.409. The van der Waals surface area contributed by atoms with Gasteiger partial charge >= 0.3 is 0 Å². The molecule has 0 heterocycles. The summed E-state index contributed by atoms with van der Waals surface area (Å²) < 4.78 is 5.28. The number of amides is 1. The molecule has 4 aromatic carbocycles. The van der Waals surface area contributed by atoms with Crippen LogP contribution in [0, 0.1) is 0 Å². The van der Waals surface area contributed by atoms with Crippen LogP contribution in [0.5, 0.6) is 5.75 Å². The summed E-state index contributed by atoms with van der Waals surface area (Å²) in [6.45, 7) is 0.592. The first kappa shape index (κ1) is 18.1. The van der Waals surface area contributed by atoms with Crippen LogP contribution in [0.4, 0.5) is 0 Å². The Hall–Kier alpha value is -3.33. The molecule has 3 nitrogen and oxygen atoms in total. The highest BCUT2D eigenvalue weighted by Gasteiger charge is 2.11. The van der Waals surface area contributed by atoms with Crippen LogP contribution in [0.3, 0.4) is 0 Å². The Bertz CT molecular complexity index is 1150. The fourth-order valence-electron chi connectivity index (χ4n) is 3.52. The number of fused-ring (bicyclic) bond motifs is 2. The van der Waals surface area contributed by atoms with E-state index in [1.807, 2.05) is 37.4 Å². The zero-order chi connectivity index (χ0) is 19.5. The maximum absolute atomic E-state index is 12.7. The van der Waals surface area contributed by atoms with Gasteiger partial charge in [-0.3, -0.25) is 4.79 Å². The first-order chi connectivity index (χ1) is 13.6. The van der Waals surface area contributed by atoms with Crippen molar-refractivity contribution in [3.63, 3.8) is 0 Å². The predicted octanol–water partition coefficient (Wildman–Crippen LogP) is 5.20. The molecule has 4 rings (SSSR count). The van der Waals surface area contributed by atoms with Gasteiger partial charge in [-0.05, 0) is 50.9 Å². The van der Waals surface area contributed by atoms with Gasteiger partial charge in [0.05, 0.1) is 13.5 Å². The van der Waals surface area contributed by atoms with E-state index in [-0.39, 0.29) is 5.91 Å². The van der Waals surface area contributed by atoms with Gasteiger partial charge in [0.25, 0.3) is 0 Å². The zero-order valence-electron chi connectivity index (χ0n) is 16.2. The van der Waals surface area contributed by atoms with Gasteiger partial charge in [-0.1, -0.05) is 60.7 Å². The largest absolute Gasteiger partial charge is 0.497 e. The molecule has 0 aliphatic heterocycles. The standard InChI is InChI=1S/C25H23NO2/c1-26(17-19-8-10-23-16-24(28-2)12-11-22(23)14-19)25(27)15-18-7-9-20-5-3-4-6-21(20)13-18/h3-14,16H,15,17H2,1-2H3. The molecule has 140 valence electrons. The van der Waals surface area contributed by atoms with Crippen molar-refractivity contribution in [1.82, 2.24) is 4.90 Å². The first-order valence-electron chi connectivity index (χ1n) is 9.41. The molecule has 3 heteroatoms. The Morgan fingerprint density at radius 3 is 2.21 bits per heavy atom. The van der Waals surface area contributed by atoms with Crippen LogP contribution in [0.2, 0.25) is 0 Å². The first-order valence-corrected chi connectivity index (χ1v) is 9.41. The Labute approximate surface area is 165 Å². The molecule has 0 fully saturated rings. The predicted molar refractivity (Wildman–Crippen MR) is 115 cm³/mol. The van der Waals surface area contributed by atoms with Gasteiger partial charge in [0.15, 0.2) is 0 Å². The fraction of sp³-hybridized carbons (Fsp3) is 0.160. The van der Waals surface area contributed by atoms with E-state index in [0.717, 1.165) is 27.6 Å². The van der Waals surface area contributed by atoms with E-state index in [1.54, 1.807) is 12.0 Å². The monoisotopic (exact) mass is 369 g/mol. The molecule has 0 saturated heterocycles. The summed E-state index contributed by atoms with van der Waals surface area (Å²) in [4.78, 5) is 14.5. The van der Waals surface area contributed by atoms with E-state index < -0.39 is 0 Å². The fourth-order valence-corrected chi connectivity index (χ4v) is 3.52. The number of hydrogen-bond acceptors (Lipinski definition) is 2. The molecule has 0 spiro atoms. The number of nitrogens with zero attached hydrogens (tertiary/aromatic N) is 1. The SMILES string of the molecule is COc1ccc2cc(CN(C)C(=O)Cc3ccc4ccccc4c3)ccc2c1. The number of hydrogen-bond donors (Lipinski definition) is 0. The molecule has 0 atom stereocenters. The van der Waals surface area contributed by atoms with Crippen LogP contribution >= 0.6 is 0 Å². The number of carbonyl (C=O) groups excluding carboxylic acids is 1. The summed E-state index contributed by atoms with van der Waals surface area (Å²) in [7, 11) is 3.53. The molecule has 4 aromatic rings. The number of rotatable bonds is 5. The minimum Gasteiger partial charge on any atom is -0.497 e. The van der Waals surface area contributed by atoms with E-state index in [0.29, 0.717) is 13.0 Å². The third-order valence-electron chi connectivity index (χ3n) is 5.13. The average molecular weight is 369 g/mol. The van der Waals surface area contributed by atoms with Crippen LogP contribution < -0.4 is 4.74 Å². The van der Waals surface area contributed by atoms with Crippen molar-refractivity contribution < 1.29 is 9.53 Å². The van der Waals surface area contributed by atoms with Crippen molar-refractivity contribution >= 4 is 27.5 Å². The lowest BCUT2D eigenvalue weighted by Gasteiger charge is -2.18. The minimum absolute atomic E-state index is 0.116. The van der Waals surface area contributed by atoms with E-state index in [9.17, 15) is 4.79 Å². The van der Waals surface area contributed by atoms with Crippen molar-refractivity contribution in [2.75, 3.05) is 14.2 Å². The van der Waals surface area contributed by atoms with Crippen LogP contribution in [-0.2, 0) is 17.8 Å². The summed E-state index contributed by atoms with van der Waals surface area (Å²) in [6, 6.07) is 26.8. The second-order valence-electron chi connectivity index (χ2n) is 7.16. The van der Waals surface area contributed by atoms with E-state index in [1.165, 1.54) is 10.8 Å². The zero-order valence-corrected chi connectivity index (χ0v) is 16.2. The maximum Gasteiger partial charge on any atom is 0.227 e. The third kappa shape index (κ3) is 3.84. The Kier molecular flexibility index (Phi) is 4.98. The number of ether oxygens (including phenoxy) is 1. The molecule has 28 heavy (non-hydrogen) atoms. The molecule has 0 aromatic heterocycles. The van der Waals surface area contributed by atoms with Crippen LogP contribution in [0.25, 0.3) is 21.5 Å². The highest BCUT2D eigenvalue weighted by atomic mass is 16.5.